The lowest BCUT2D eigenvalue weighted by Crippen LogP contribution is -2.51. The lowest BCUT2D eigenvalue weighted by Gasteiger charge is -2.40. The normalized spacial score (nSPS) is 17.5. The topological polar surface area (TPSA) is 65.6 Å². The number of nitrogens with two attached hydrogens (primary N) is 1. The summed E-state index contributed by atoms with van der Waals surface area (Å²) in [5.74, 6) is 1.22. The Kier molecular flexibility index (Phi) is 5.44. The Bertz CT molecular complexity index is 469. The second-order valence-electron chi connectivity index (χ2n) is 5.49. The summed E-state index contributed by atoms with van der Waals surface area (Å²) in [7, 11) is 1.72. The van der Waals surface area contributed by atoms with Gasteiger partial charge in [-0.15, -0.1) is 0 Å². The highest BCUT2D eigenvalue weighted by molar-refractivity contribution is 5.77. The van der Waals surface area contributed by atoms with Crippen molar-refractivity contribution < 1.29 is 4.74 Å². The van der Waals surface area contributed by atoms with Gasteiger partial charge in [-0.2, -0.15) is 0 Å². The molecule has 116 valence electrons. The number of piperazine rings is 1. The predicted molar refractivity (Wildman–Crippen MR) is 87.4 cm³/mol. The molecule has 0 bridgehead atoms. The smallest absolute Gasteiger partial charge is 0.142 e. The molecule has 1 aliphatic rings. The number of ether oxygens (including phenoxy) is 1. The van der Waals surface area contributed by atoms with E-state index in [4.69, 9.17) is 15.9 Å². The number of nitrogens with zero attached hydrogens (tertiary/aromatic N) is 2. The lowest BCUT2D eigenvalue weighted by molar-refractivity contribution is 0.183. The molecule has 0 aromatic heterocycles. The van der Waals surface area contributed by atoms with Crippen LogP contribution in [-0.2, 0) is 0 Å². The number of hydrogen-bond acceptors (Lipinski definition) is 4. The monoisotopic (exact) mass is 290 g/mol. The number of para-hydroxylation sites is 2. The maximum atomic E-state index is 7.50. The Balaban J connectivity index is 1.98. The number of methoxy groups -OCH3 is 1. The molecule has 2 rings (SSSR count). The van der Waals surface area contributed by atoms with Crippen LogP contribution in [0.1, 0.15) is 19.8 Å². The van der Waals surface area contributed by atoms with Crippen LogP contribution < -0.4 is 15.4 Å². The van der Waals surface area contributed by atoms with Crippen molar-refractivity contribution in [3.05, 3.63) is 24.3 Å². The molecule has 1 heterocycles. The predicted octanol–water partition coefficient (Wildman–Crippen LogP) is 1.92. The second kappa shape index (κ2) is 7.31. The molecule has 3 N–H and O–H groups in total. The molecular weight excluding hydrogens is 264 g/mol. The van der Waals surface area contributed by atoms with Crippen LogP contribution in [0.5, 0.6) is 5.75 Å². The van der Waals surface area contributed by atoms with Gasteiger partial charge < -0.3 is 15.4 Å². The lowest BCUT2D eigenvalue weighted by atomic mass is 10.1. The van der Waals surface area contributed by atoms with Crippen LogP contribution in [0.3, 0.4) is 0 Å². The van der Waals surface area contributed by atoms with Gasteiger partial charge in [-0.25, -0.2) is 0 Å². The molecule has 1 aromatic rings. The number of benzene rings is 1. The summed E-state index contributed by atoms with van der Waals surface area (Å²) in [6.45, 7) is 6.14. The van der Waals surface area contributed by atoms with E-state index in [0.29, 0.717) is 12.5 Å². The average molecular weight is 290 g/mol. The first-order valence-corrected chi connectivity index (χ1v) is 7.60. The molecule has 0 saturated carbocycles. The van der Waals surface area contributed by atoms with Gasteiger partial charge in [-0.05, 0) is 18.6 Å². The van der Waals surface area contributed by atoms with Crippen molar-refractivity contribution in [1.82, 2.24) is 4.90 Å². The van der Waals surface area contributed by atoms with E-state index in [1.165, 1.54) is 5.69 Å². The Hall–Kier alpha value is -1.75. The Morgan fingerprint density at radius 1 is 1.29 bits per heavy atom. The summed E-state index contributed by atoms with van der Waals surface area (Å²) in [6.07, 6.45) is 1.71. The number of anilines is 1. The molecule has 1 aromatic carbocycles. The van der Waals surface area contributed by atoms with Gasteiger partial charge in [0.1, 0.15) is 5.75 Å². The third-order valence-corrected chi connectivity index (χ3v) is 4.18. The summed E-state index contributed by atoms with van der Waals surface area (Å²) in [4.78, 5) is 4.82. The van der Waals surface area contributed by atoms with Crippen LogP contribution in [0.4, 0.5) is 5.69 Å². The molecule has 1 atom stereocenters. The molecule has 21 heavy (non-hydrogen) atoms. The summed E-state index contributed by atoms with van der Waals surface area (Å²) in [5, 5.41) is 7.50. The minimum Gasteiger partial charge on any atom is -0.495 e. The van der Waals surface area contributed by atoms with E-state index < -0.39 is 0 Å². The first-order chi connectivity index (χ1) is 10.2. The first kappa shape index (κ1) is 15.6. The van der Waals surface area contributed by atoms with E-state index in [1.54, 1.807) is 7.11 Å². The van der Waals surface area contributed by atoms with Gasteiger partial charge in [-0.3, -0.25) is 10.3 Å². The molecule has 1 aliphatic heterocycles. The van der Waals surface area contributed by atoms with Gasteiger partial charge >= 0.3 is 0 Å². The highest BCUT2D eigenvalue weighted by Crippen LogP contribution is 2.28. The minimum atomic E-state index is 0.286. The fraction of sp³-hybridized carbons (Fsp3) is 0.562. The van der Waals surface area contributed by atoms with Crippen LogP contribution in [0.25, 0.3) is 0 Å². The maximum Gasteiger partial charge on any atom is 0.142 e. The van der Waals surface area contributed by atoms with Crippen molar-refractivity contribution in [2.75, 3.05) is 38.2 Å². The molecule has 5 heteroatoms. The van der Waals surface area contributed by atoms with Crippen LogP contribution in [0.15, 0.2) is 24.3 Å². The van der Waals surface area contributed by atoms with Crippen LogP contribution >= 0.6 is 0 Å². The summed E-state index contributed by atoms with van der Waals surface area (Å²) >= 11 is 0. The van der Waals surface area contributed by atoms with E-state index in [-0.39, 0.29) is 5.84 Å². The number of rotatable bonds is 6. The van der Waals surface area contributed by atoms with Gasteiger partial charge in [0.25, 0.3) is 0 Å². The maximum absolute atomic E-state index is 7.50. The molecule has 1 saturated heterocycles. The van der Waals surface area contributed by atoms with E-state index in [0.717, 1.165) is 38.3 Å². The van der Waals surface area contributed by atoms with Crippen molar-refractivity contribution >= 4 is 11.5 Å². The van der Waals surface area contributed by atoms with Crippen molar-refractivity contribution in [1.29, 1.82) is 5.41 Å². The Morgan fingerprint density at radius 3 is 2.52 bits per heavy atom. The summed E-state index contributed by atoms with van der Waals surface area (Å²) in [6, 6.07) is 8.56. The Morgan fingerprint density at radius 2 is 1.95 bits per heavy atom. The van der Waals surface area contributed by atoms with E-state index in [9.17, 15) is 0 Å². The third kappa shape index (κ3) is 3.88. The first-order valence-electron chi connectivity index (χ1n) is 7.60. The van der Waals surface area contributed by atoms with Crippen molar-refractivity contribution in [3.8, 4) is 5.75 Å². The molecule has 0 amide bonds. The van der Waals surface area contributed by atoms with E-state index in [1.807, 2.05) is 12.1 Å². The molecule has 0 aliphatic carbocycles. The van der Waals surface area contributed by atoms with Gasteiger partial charge in [-0.1, -0.05) is 19.1 Å². The Labute approximate surface area is 127 Å². The fourth-order valence-electron chi connectivity index (χ4n) is 3.00. The third-order valence-electron chi connectivity index (χ3n) is 4.18. The van der Waals surface area contributed by atoms with Crippen LogP contribution in [-0.4, -0.2) is 50.1 Å². The van der Waals surface area contributed by atoms with Gasteiger partial charge in [0.15, 0.2) is 0 Å². The van der Waals surface area contributed by atoms with E-state index in [2.05, 4.69) is 28.9 Å². The molecule has 1 unspecified atom stereocenters. The van der Waals surface area contributed by atoms with E-state index >= 15 is 0 Å². The SMILES string of the molecule is CCC(CC(=N)N)N1CCN(c2ccccc2OC)CC1. The number of nitrogens with one attached hydrogen (secondary N) is 1. The molecule has 0 spiro atoms. The number of hydrogen-bond donors (Lipinski definition) is 2. The van der Waals surface area contributed by atoms with Crippen molar-refractivity contribution in [2.45, 2.75) is 25.8 Å². The van der Waals surface area contributed by atoms with Gasteiger partial charge in [0.05, 0.1) is 18.6 Å². The summed E-state index contributed by atoms with van der Waals surface area (Å²) in [5.41, 5.74) is 6.73. The molecular formula is C16H26N4O. The largest absolute Gasteiger partial charge is 0.495 e. The van der Waals surface area contributed by atoms with Gasteiger partial charge in [0, 0.05) is 38.6 Å². The minimum absolute atomic E-state index is 0.286. The standard InChI is InChI=1S/C16H26N4O/c1-3-13(12-16(17)18)19-8-10-20(11-9-19)14-6-4-5-7-15(14)21-2/h4-7,13H,3,8-12H2,1-2H3,(H3,17,18). The fourth-order valence-corrected chi connectivity index (χ4v) is 3.00. The molecule has 1 fully saturated rings. The van der Waals surface area contributed by atoms with Crippen LogP contribution in [0.2, 0.25) is 0 Å². The van der Waals surface area contributed by atoms with Crippen LogP contribution in [0, 0.1) is 5.41 Å². The zero-order valence-corrected chi connectivity index (χ0v) is 13.0. The zero-order chi connectivity index (χ0) is 15.2. The highest BCUT2D eigenvalue weighted by Gasteiger charge is 2.24. The second-order valence-corrected chi connectivity index (χ2v) is 5.49. The van der Waals surface area contributed by atoms with Gasteiger partial charge in [0.2, 0.25) is 0 Å². The van der Waals surface area contributed by atoms with Crippen molar-refractivity contribution in [2.24, 2.45) is 5.73 Å². The highest BCUT2D eigenvalue weighted by atomic mass is 16.5. The number of amidine groups is 1. The quantitative estimate of drug-likeness (QED) is 0.620. The molecule has 5 nitrogen and oxygen atoms in total. The average Bonchev–Trinajstić information content (AvgIpc) is 2.52. The van der Waals surface area contributed by atoms with Crippen molar-refractivity contribution in [3.63, 3.8) is 0 Å². The summed E-state index contributed by atoms with van der Waals surface area (Å²) < 4.78 is 5.45. The zero-order valence-electron chi connectivity index (χ0n) is 13.0. The molecule has 0 radical (unpaired) electrons.